The second-order valence-corrected chi connectivity index (χ2v) is 12.1. The lowest BCUT2D eigenvalue weighted by atomic mass is 9.91. The first-order chi connectivity index (χ1) is 24.6. The highest BCUT2D eigenvalue weighted by Gasteiger charge is 2.16. The normalized spacial score (nSPS) is 11.0. The van der Waals surface area contributed by atoms with Crippen LogP contribution in [0, 0.1) is 13.8 Å². The Bertz CT molecular complexity index is 2350. The standard InChI is InChI=1S/C44H32N6/c1-29-45-30(2)47-41(46-29)35-24-22-31(23-25-35)36-26-37(40-21-13-12-20-39(40)32-14-6-3-7-15-32)28-38(27-36)44-49-42(33-16-8-4-9-17-33)48-43(50-44)34-18-10-5-11-19-34/h3-28H,1-2H3. The summed E-state index contributed by atoms with van der Waals surface area (Å²) in [5.41, 5.74) is 10.3. The van der Waals surface area contributed by atoms with Crippen molar-refractivity contribution in [3.63, 3.8) is 0 Å². The quantitative estimate of drug-likeness (QED) is 0.172. The molecule has 8 rings (SSSR count). The maximum atomic E-state index is 5.08. The van der Waals surface area contributed by atoms with E-state index in [0.717, 1.165) is 55.6 Å². The average molecular weight is 645 g/mol. The van der Waals surface area contributed by atoms with Crippen molar-refractivity contribution in [2.45, 2.75) is 13.8 Å². The third-order valence-corrected chi connectivity index (χ3v) is 8.55. The van der Waals surface area contributed by atoms with Crippen LogP contribution in [0.3, 0.4) is 0 Å². The summed E-state index contributed by atoms with van der Waals surface area (Å²) >= 11 is 0. The molecular formula is C44H32N6. The topological polar surface area (TPSA) is 77.3 Å². The van der Waals surface area contributed by atoms with Gasteiger partial charge in [0, 0.05) is 22.3 Å². The lowest BCUT2D eigenvalue weighted by Gasteiger charge is -2.15. The fraction of sp³-hybridized carbons (Fsp3) is 0.0455. The van der Waals surface area contributed by atoms with Crippen molar-refractivity contribution in [3.8, 4) is 78.9 Å². The van der Waals surface area contributed by atoms with Crippen molar-refractivity contribution in [2.24, 2.45) is 0 Å². The molecule has 0 aliphatic carbocycles. The number of hydrogen-bond donors (Lipinski definition) is 0. The first kappa shape index (κ1) is 30.7. The van der Waals surface area contributed by atoms with Gasteiger partial charge in [-0.15, -0.1) is 0 Å². The molecule has 0 saturated carbocycles. The first-order valence-corrected chi connectivity index (χ1v) is 16.5. The summed E-state index contributed by atoms with van der Waals surface area (Å²) in [6.07, 6.45) is 0. The van der Waals surface area contributed by atoms with Gasteiger partial charge in [-0.3, -0.25) is 0 Å². The van der Waals surface area contributed by atoms with Crippen LogP contribution in [0.25, 0.3) is 78.9 Å². The van der Waals surface area contributed by atoms with E-state index in [2.05, 4.69) is 106 Å². The number of aromatic nitrogens is 6. The van der Waals surface area contributed by atoms with E-state index in [1.54, 1.807) is 0 Å². The molecule has 0 aliphatic heterocycles. The summed E-state index contributed by atoms with van der Waals surface area (Å²) in [6.45, 7) is 3.78. The molecule has 8 aromatic rings. The predicted molar refractivity (Wildman–Crippen MR) is 201 cm³/mol. The molecule has 0 atom stereocenters. The van der Waals surface area contributed by atoms with Crippen molar-refractivity contribution >= 4 is 0 Å². The molecule has 0 N–H and O–H groups in total. The van der Waals surface area contributed by atoms with Gasteiger partial charge in [-0.05, 0) is 65.4 Å². The van der Waals surface area contributed by atoms with E-state index < -0.39 is 0 Å². The minimum Gasteiger partial charge on any atom is -0.219 e. The van der Waals surface area contributed by atoms with Crippen LogP contribution in [0.1, 0.15) is 11.6 Å². The van der Waals surface area contributed by atoms with Gasteiger partial charge >= 0.3 is 0 Å². The molecule has 2 aromatic heterocycles. The Kier molecular flexibility index (Phi) is 8.25. The SMILES string of the molecule is Cc1nc(C)nc(-c2ccc(-c3cc(-c4nc(-c5ccccc5)nc(-c5ccccc5)n4)cc(-c4ccccc4-c4ccccc4)c3)cc2)n1. The van der Waals surface area contributed by atoms with Gasteiger partial charge in [0.1, 0.15) is 11.6 Å². The number of hydrogen-bond acceptors (Lipinski definition) is 6. The fourth-order valence-corrected chi connectivity index (χ4v) is 6.18. The van der Waals surface area contributed by atoms with Crippen LogP contribution in [0.2, 0.25) is 0 Å². The molecular weight excluding hydrogens is 613 g/mol. The van der Waals surface area contributed by atoms with E-state index in [4.69, 9.17) is 15.0 Å². The summed E-state index contributed by atoms with van der Waals surface area (Å²) < 4.78 is 0. The summed E-state index contributed by atoms with van der Waals surface area (Å²) in [4.78, 5) is 28.6. The highest BCUT2D eigenvalue weighted by Crippen LogP contribution is 2.38. The van der Waals surface area contributed by atoms with Crippen molar-refractivity contribution in [3.05, 3.63) is 169 Å². The van der Waals surface area contributed by atoms with E-state index >= 15 is 0 Å². The van der Waals surface area contributed by atoms with E-state index in [1.165, 1.54) is 0 Å². The molecule has 0 saturated heterocycles. The van der Waals surface area contributed by atoms with Gasteiger partial charge in [0.05, 0.1) is 0 Å². The Morgan fingerprint density at radius 3 is 1.16 bits per heavy atom. The second-order valence-electron chi connectivity index (χ2n) is 12.1. The molecule has 0 amide bonds. The fourth-order valence-electron chi connectivity index (χ4n) is 6.18. The molecule has 238 valence electrons. The van der Waals surface area contributed by atoms with Crippen molar-refractivity contribution in [2.75, 3.05) is 0 Å². The monoisotopic (exact) mass is 644 g/mol. The third-order valence-electron chi connectivity index (χ3n) is 8.55. The molecule has 0 fully saturated rings. The van der Waals surface area contributed by atoms with Gasteiger partial charge in [0.25, 0.3) is 0 Å². The Balaban J connectivity index is 1.32. The maximum absolute atomic E-state index is 5.08. The molecule has 0 radical (unpaired) electrons. The van der Waals surface area contributed by atoms with Crippen molar-refractivity contribution in [1.82, 2.24) is 29.9 Å². The van der Waals surface area contributed by atoms with Crippen molar-refractivity contribution < 1.29 is 0 Å². The Labute approximate surface area is 291 Å². The van der Waals surface area contributed by atoms with Crippen LogP contribution in [-0.4, -0.2) is 29.9 Å². The van der Waals surface area contributed by atoms with E-state index in [1.807, 2.05) is 80.6 Å². The van der Waals surface area contributed by atoms with Crippen LogP contribution >= 0.6 is 0 Å². The van der Waals surface area contributed by atoms with Crippen molar-refractivity contribution in [1.29, 1.82) is 0 Å². The zero-order chi connectivity index (χ0) is 33.9. The van der Waals surface area contributed by atoms with Crippen LogP contribution in [0.15, 0.2) is 158 Å². The zero-order valence-corrected chi connectivity index (χ0v) is 27.7. The minimum absolute atomic E-state index is 0.603. The van der Waals surface area contributed by atoms with Gasteiger partial charge in [0.2, 0.25) is 0 Å². The molecule has 0 unspecified atom stereocenters. The Morgan fingerprint density at radius 2 is 0.620 bits per heavy atom. The lowest BCUT2D eigenvalue weighted by Crippen LogP contribution is -2.00. The first-order valence-electron chi connectivity index (χ1n) is 16.5. The number of benzene rings is 6. The second kappa shape index (κ2) is 13.5. The van der Waals surface area contributed by atoms with E-state index in [-0.39, 0.29) is 0 Å². The smallest absolute Gasteiger partial charge is 0.164 e. The maximum Gasteiger partial charge on any atom is 0.164 e. The lowest BCUT2D eigenvalue weighted by molar-refractivity contribution is 0.928. The summed E-state index contributed by atoms with van der Waals surface area (Å²) in [5, 5.41) is 0. The molecule has 6 aromatic carbocycles. The summed E-state index contributed by atoms with van der Waals surface area (Å²) in [5.74, 6) is 3.92. The molecule has 2 heterocycles. The van der Waals surface area contributed by atoms with Crippen LogP contribution in [-0.2, 0) is 0 Å². The summed E-state index contributed by atoms with van der Waals surface area (Å²) in [6, 6.07) is 54.1. The minimum atomic E-state index is 0.603. The Hall–Kier alpha value is -6.66. The zero-order valence-electron chi connectivity index (χ0n) is 27.7. The molecule has 50 heavy (non-hydrogen) atoms. The van der Waals surface area contributed by atoms with Gasteiger partial charge in [-0.25, -0.2) is 29.9 Å². The largest absolute Gasteiger partial charge is 0.219 e. The molecule has 6 heteroatoms. The molecule has 0 aliphatic rings. The molecule has 0 bridgehead atoms. The highest BCUT2D eigenvalue weighted by atomic mass is 15.0. The van der Waals surface area contributed by atoms with E-state index in [9.17, 15) is 0 Å². The number of aryl methyl sites for hydroxylation is 2. The highest BCUT2D eigenvalue weighted by molar-refractivity contribution is 5.88. The van der Waals surface area contributed by atoms with Gasteiger partial charge in [-0.2, -0.15) is 0 Å². The third kappa shape index (κ3) is 6.42. The Morgan fingerprint density at radius 1 is 0.260 bits per heavy atom. The molecule has 6 nitrogen and oxygen atoms in total. The van der Waals surface area contributed by atoms with Gasteiger partial charge in [0.15, 0.2) is 23.3 Å². The average Bonchev–Trinajstić information content (AvgIpc) is 3.18. The predicted octanol–water partition coefficient (Wildman–Crippen LogP) is 10.3. The van der Waals surface area contributed by atoms with E-state index in [0.29, 0.717) is 34.9 Å². The van der Waals surface area contributed by atoms with Gasteiger partial charge < -0.3 is 0 Å². The van der Waals surface area contributed by atoms with Crippen LogP contribution in [0.4, 0.5) is 0 Å². The summed E-state index contributed by atoms with van der Waals surface area (Å²) in [7, 11) is 0. The number of rotatable bonds is 7. The molecule has 0 spiro atoms. The van der Waals surface area contributed by atoms with Crippen LogP contribution < -0.4 is 0 Å². The van der Waals surface area contributed by atoms with Gasteiger partial charge in [-0.1, -0.05) is 140 Å². The van der Waals surface area contributed by atoms with Crippen LogP contribution in [0.5, 0.6) is 0 Å². The number of nitrogens with zero attached hydrogens (tertiary/aromatic N) is 6.